The molecule has 0 atom stereocenters. The summed E-state index contributed by atoms with van der Waals surface area (Å²) in [5.41, 5.74) is 0.545. The van der Waals surface area contributed by atoms with Crippen LogP contribution in [0.5, 0.6) is 0 Å². The van der Waals surface area contributed by atoms with Crippen LogP contribution in [0, 0.1) is 0 Å². The van der Waals surface area contributed by atoms with Gasteiger partial charge in [0.15, 0.2) is 0 Å². The van der Waals surface area contributed by atoms with Crippen molar-refractivity contribution in [3.05, 3.63) is 58.6 Å². The molecule has 0 spiro atoms. The first kappa shape index (κ1) is 16.4. The van der Waals surface area contributed by atoms with Crippen LogP contribution in [-0.4, -0.2) is 23.7 Å². The molecule has 4 nitrogen and oxygen atoms in total. The van der Waals surface area contributed by atoms with Crippen LogP contribution in [-0.2, 0) is 4.74 Å². The predicted octanol–water partition coefficient (Wildman–Crippen LogP) is 4.37. The van der Waals surface area contributed by atoms with E-state index in [1.165, 1.54) is 23.9 Å². The third kappa shape index (κ3) is 4.02. The second kappa shape index (κ2) is 7.33. The summed E-state index contributed by atoms with van der Waals surface area (Å²) in [6.07, 6.45) is 0. The Bertz CT molecular complexity index is 698. The SMILES string of the molecule is CCOC(=O)c1cc(Sc2ccc(C(=O)O)cc2)ccc1Cl. The average Bonchev–Trinajstić information content (AvgIpc) is 2.50. The minimum absolute atomic E-state index is 0.229. The molecular weight excluding hydrogens is 324 g/mol. The molecule has 1 N–H and O–H groups in total. The summed E-state index contributed by atoms with van der Waals surface area (Å²) >= 11 is 7.42. The Hall–Kier alpha value is -1.98. The van der Waals surface area contributed by atoms with Gasteiger partial charge in [-0.1, -0.05) is 23.4 Å². The van der Waals surface area contributed by atoms with E-state index in [2.05, 4.69) is 0 Å². The summed E-state index contributed by atoms with van der Waals surface area (Å²) in [7, 11) is 0. The zero-order chi connectivity index (χ0) is 16.1. The molecule has 2 aromatic rings. The van der Waals surface area contributed by atoms with E-state index in [1.54, 1.807) is 37.3 Å². The molecule has 0 aromatic heterocycles. The molecule has 0 unspecified atom stereocenters. The van der Waals surface area contributed by atoms with Crippen molar-refractivity contribution in [1.29, 1.82) is 0 Å². The molecule has 114 valence electrons. The zero-order valence-electron chi connectivity index (χ0n) is 11.7. The fourth-order valence-corrected chi connectivity index (χ4v) is 2.79. The number of ether oxygens (including phenoxy) is 1. The number of benzene rings is 2. The molecule has 22 heavy (non-hydrogen) atoms. The lowest BCUT2D eigenvalue weighted by atomic mass is 10.2. The maximum atomic E-state index is 11.8. The highest BCUT2D eigenvalue weighted by Crippen LogP contribution is 2.31. The second-order valence-electron chi connectivity index (χ2n) is 4.29. The Balaban J connectivity index is 2.21. The Morgan fingerprint density at radius 1 is 1.14 bits per heavy atom. The maximum Gasteiger partial charge on any atom is 0.339 e. The molecule has 0 aliphatic carbocycles. The van der Waals surface area contributed by atoms with E-state index >= 15 is 0 Å². The van der Waals surface area contributed by atoms with E-state index in [-0.39, 0.29) is 12.2 Å². The van der Waals surface area contributed by atoms with Gasteiger partial charge in [0, 0.05) is 9.79 Å². The van der Waals surface area contributed by atoms with Gasteiger partial charge in [0.2, 0.25) is 0 Å². The van der Waals surface area contributed by atoms with Crippen LogP contribution in [0.15, 0.2) is 52.3 Å². The number of hydrogen-bond donors (Lipinski definition) is 1. The second-order valence-corrected chi connectivity index (χ2v) is 5.85. The first-order chi connectivity index (χ1) is 10.5. The largest absolute Gasteiger partial charge is 0.478 e. The standard InChI is InChI=1S/C16H13ClO4S/c1-2-21-16(20)13-9-12(7-8-14(13)17)22-11-5-3-10(4-6-11)15(18)19/h3-9H,2H2,1H3,(H,18,19). The van der Waals surface area contributed by atoms with Crippen LogP contribution in [0.2, 0.25) is 5.02 Å². The van der Waals surface area contributed by atoms with E-state index in [0.717, 1.165) is 9.79 Å². The van der Waals surface area contributed by atoms with Crippen LogP contribution in [0.25, 0.3) is 0 Å². The number of esters is 1. The normalized spacial score (nSPS) is 10.3. The lowest BCUT2D eigenvalue weighted by molar-refractivity contribution is 0.0525. The summed E-state index contributed by atoms with van der Waals surface area (Å²) in [6, 6.07) is 11.6. The summed E-state index contributed by atoms with van der Waals surface area (Å²) in [6.45, 7) is 2.01. The number of hydrogen-bond acceptors (Lipinski definition) is 4. The minimum Gasteiger partial charge on any atom is -0.478 e. The molecule has 0 saturated heterocycles. The highest BCUT2D eigenvalue weighted by atomic mass is 35.5. The molecule has 0 bridgehead atoms. The lowest BCUT2D eigenvalue weighted by Gasteiger charge is -2.07. The lowest BCUT2D eigenvalue weighted by Crippen LogP contribution is -2.05. The zero-order valence-corrected chi connectivity index (χ0v) is 13.3. The number of carboxylic acids is 1. The smallest absolute Gasteiger partial charge is 0.339 e. The number of rotatable bonds is 5. The Kier molecular flexibility index (Phi) is 5.46. The van der Waals surface area contributed by atoms with Gasteiger partial charge in [-0.3, -0.25) is 0 Å². The van der Waals surface area contributed by atoms with Crippen molar-refractivity contribution in [2.45, 2.75) is 16.7 Å². The van der Waals surface area contributed by atoms with Crippen LogP contribution < -0.4 is 0 Å². The Labute approximate surface area is 137 Å². The molecule has 0 saturated carbocycles. The van der Waals surface area contributed by atoms with Crippen molar-refractivity contribution in [3.63, 3.8) is 0 Å². The van der Waals surface area contributed by atoms with Crippen LogP contribution in [0.3, 0.4) is 0 Å². The fourth-order valence-electron chi connectivity index (χ4n) is 1.73. The van der Waals surface area contributed by atoms with E-state index in [1.807, 2.05) is 0 Å². The number of carbonyl (C=O) groups is 2. The predicted molar refractivity (Wildman–Crippen MR) is 84.9 cm³/mol. The maximum absolute atomic E-state index is 11.8. The number of halogens is 1. The van der Waals surface area contributed by atoms with E-state index in [9.17, 15) is 9.59 Å². The summed E-state index contributed by atoms with van der Waals surface area (Å²) in [5.74, 6) is -1.43. The topological polar surface area (TPSA) is 63.6 Å². The van der Waals surface area contributed by atoms with E-state index < -0.39 is 11.9 Å². The molecule has 2 rings (SSSR count). The summed E-state index contributed by atoms with van der Waals surface area (Å²) in [5, 5.41) is 9.21. The van der Waals surface area contributed by atoms with Crippen molar-refractivity contribution in [3.8, 4) is 0 Å². The molecule has 0 fully saturated rings. The van der Waals surface area contributed by atoms with Gasteiger partial charge >= 0.3 is 11.9 Å². The molecular formula is C16H13ClO4S. The number of aromatic carboxylic acids is 1. The number of carbonyl (C=O) groups excluding carboxylic acids is 1. The molecule has 0 amide bonds. The van der Waals surface area contributed by atoms with Crippen molar-refractivity contribution in [2.75, 3.05) is 6.61 Å². The molecule has 6 heteroatoms. The molecule has 2 aromatic carbocycles. The van der Waals surface area contributed by atoms with Gasteiger partial charge in [-0.15, -0.1) is 0 Å². The monoisotopic (exact) mass is 336 g/mol. The Morgan fingerprint density at radius 3 is 2.36 bits per heavy atom. The van der Waals surface area contributed by atoms with Gasteiger partial charge in [-0.25, -0.2) is 9.59 Å². The van der Waals surface area contributed by atoms with E-state index in [4.69, 9.17) is 21.4 Å². The van der Waals surface area contributed by atoms with Crippen molar-refractivity contribution in [1.82, 2.24) is 0 Å². The first-order valence-corrected chi connectivity index (χ1v) is 7.68. The van der Waals surface area contributed by atoms with Crippen LogP contribution in [0.4, 0.5) is 0 Å². The third-order valence-corrected chi connectivity index (χ3v) is 4.10. The highest BCUT2D eigenvalue weighted by Gasteiger charge is 2.13. The van der Waals surface area contributed by atoms with Crippen LogP contribution >= 0.6 is 23.4 Å². The van der Waals surface area contributed by atoms with Crippen molar-refractivity contribution >= 4 is 35.3 Å². The molecule has 0 heterocycles. The third-order valence-electron chi connectivity index (χ3n) is 2.77. The number of carboxylic acid groups (broad SMARTS) is 1. The molecule has 0 aliphatic rings. The van der Waals surface area contributed by atoms with Gasteiger partial charge in [0.05, 0.1) is 22.8 Å². The highest BCUT2D eigenvalue weighted by molar-refractivity contribution is 7.99. The fraction of sp³-hybridized carbons (Fsp3) is 0.125. The van der Waals surface area contributed by atoms with E-state index in [0.29, 0.717) is 10.6 Å². The van der Waals surface area contributed by atoms with Crippen molar-refractivity contribution < 1.29 is 19.4 Å². The van der Waals surface area contributed by atoms with Gasteiger partial charge in [-0.2, -0.15) is 0 Å². The molecule has 0 aliphatic heterocycles. The van der Waals surface area contributed by atoms with Gasteiger partial charge < -0.3 is 9.84 Å². The molecule has 0 radical (unpaired) electrons. The van der Waals surface area contributed by atoms with Gasteiger partial charge in [-0.05, 0) is 49.4 Å². The summed E-state index contributed by atoms with van der Waals surface area (Å²) < 4.78 is 4.96. The van der Waals surface area contributed by atoms with Gasteiger partial charge in [0.25, 0.3) is 0 Å². The summed E-state index contributed by atoms with van der Waals surface area (Å²) in [4.78, 5) is 24.3. The first-order valence-electron chi connectivity index (χ1n) is 6.49. The Morgan fingerprint density at radius 2 is 1.77 bits per heavy atom. The quantitative estimate of drug-likeness (QED) is 0.821. The average molecular weight is 337 g/mol. The van der Waals surface area contributed by atoms with Gasteiger partial charge in [0.1, 0.15) is 0 Å². The minimum atomic E-state index is -0.965. The van der Waals surface area contributed by atoms with Crippen molar-refractivity contribution in [2.24, 2.45) is 0 Å². The van der Waals surface area contributed by atoms with Crippen LogP contribution in [0.1, 0.15) is 27.6 Å².